The molecule has 0 amide bonds. The maximum atomic E-state index is 12.9. The number of phosphoric acid groups is 1. The number of rotatable bonds is 45. The summed E-state index contributed by atoms with van der Waals surface area (Å²) < 4.78 is 34.3. The number of hydrogen-bond donors (Lipinski definition) is 6. The summed E-state index contributed by atoms with van der Waals surface area (Å²) in [4.78, 5) is 23.3. The molecule has 0 saturated heterocycles. The predicted molar refractivity (Wildman–Crippen MR) is 263 cm³/mol. The lowest BCUT2D eigenvalue weighted by Crippen LogP contribution is -2.64. The predicted octanol–water partition coefficient (Wildman–Crippen LogP) is 11.8. The van der Waals surface area contributed by atoms with Gasteiger partial charge in [-0.25, -0.2) is 4.57 Å². The Labute approximate surface area is 395 Å². The van der Waals surface area contributed by atoms with E-state index in [9.17, 15) is 39.8 Å². The highest BCUT2D eigenvalue weighted by atomic mass is 31.2. The Bertz CT molecular complexity index is 1210. The molecule has 13 heteroatoms. The van der Waals surface area contributed by atoms with E-state index < -0.39 is 63.1 Å². The van der Waals surface area contributed by atoms with Crippen molar-refractivity contribution in [1.29, 1.82) is 0 Å². The number of aliphatic hydroxyl groups is 5. The van der Waals surface area contributed by atoms with Crippen LogP contribution >= 0.6 is 7.82 Å². The van der Waals surface area contributed by atoms with E-state index in [0.717, 1.165) is 57.8 Å². The highest BCUT2D eigenvalue weighted by Crippen LogP contribution is 2.47. The summed E-state index contributed by atoms with van der Waals surface area (Å²) in [6.45, 7) is 4.24. The molecular formula is C52H97O12P. The first-order chi connectivity index (χ1) is 31.5. The quantitative estimate of drug-likeness (QED) is 0.0147. The largest absolute Gasteiger partial charge is 0.472 e. The summed E-state index contributed by atoms with van der Waals surface area (Å²) in [5.74, 6) is -0.481. The zero-order valence-corrected chi connectivity index (χ0v) is 41.9. The van der Waals surface area contributed by atoms with E-state index in [-0.39, 0.29) is 13.0 Å². The van der Waals surface area contributed by atoms with Crippen molar-refractivity contribution in [3.63, 3.8) is 0 Å². The lowest BCUT2D eigenvalue weighted by Gasteiger charge is -2.41. The summed E-state index contributed by atoms with van der Waals surface area (Å²) in [5, 5.41) is 50.3. The molecule has 0 bridgehead atoms. The third-order valence-electron chi connectivity index (χ3n) is 12.2. The monoisotopic (exact) mass is 945 g/mol. The van der Waals surface area contributed by atoms with Crippen LogP contribution in [0.2, 0.25) is 0 Å². The zero-order chi connectivity index (χ0) is 47.6. The van der Waals surface area contributed by atoms with Crippen LogP contribution in [0, 0.1) is 0 Å². The zero-order valence-electron chi connectivity index (χ0n) is 41.0. The molecule has 0 radical (unpaired) electrons. The molecule has 382 valence electrons. The fraction of sp³-hybridized carbons (Fsp3) is 0.865. The Hall–Kier alpha value is -1.44. The van der Waals surface area contributed by atoms with Crippen LogP contribution in [0.5, 0.6) is 0 Å². The van der Waals surface area contributed by atoms with Gasteiger partial charge in [-0.05, 0) is 70.6 Å². The second kappa shape index (κ2) is 42.6. The van der Waals surface area contributed by atoms with Gasteiger partial charge in [0, 0.05) is 13.0 Å². The van der Waals surface area contributed by atoms with Gasteiger partial charge in [0.15, 0.2) is 0 Å². The first kappa shape index (κ1) is 61.6. The minimum Gasteiger partial charge on any atom is -0.457 e. The van der Waals surface area contributed by atoms with Gasteiger partial charge < -0.3 is 39.9 Å². The number of hydrogen-bond acceptors (Lipinski definition) is 11. The first-order valence-corrected chi connectivity index (χ1v) is 27.8. The van der Waals surface area contributed by atoms with Gasteiger partial charge in [0.2, 0.25) is 0 Å². The number of carbonyl (C=O) groups excluding carboxylic acids is 1. The number of aliphatic hydroxyl groups excluding tert-OH is 5. The van der Waals surface area contributed by atoms with Gasteiger partial charge in [-0.3, -0.25) is 13.8 Å². The number of carbonyl (C=O) groups is 1. The average Bonchev–Trinajstić information content (AvgIpc) is 3.29. The minimum absolute atomic E-state index is 0.0833. The van der Waals surface area contributed by atoms with Crippen LogP contribution in [0.4, 0.5) is 0 Å². The minimum atomic E-state index is -5.03. The fourth-order valence-corrected chi connectivity index (χ4v) is 9.00. The lowest BCUT2D eigenvalue weighted by molar-refractivity contribution is -0.220. The van der Waals surface area contributed by atoms with Gasteiger partial charge in [-0.1, -0.05) is 185 Å². The van der Waals surface area contributed by atoms with Crippen molar-refractivity contribution in [2.45, 2.75) is 268 Å². The Morgan fingerprint density at radius 1 is 0.492 bits per heavy atom. The van der Waals surface area contributed by atoms with Crippen LogP contribution in [0.1, 0.15) is 226 Å². The second-order valence-electron chi connectivity index (χ2n) is 18.4. The fourth-order valence-electron chi connectivity index (χ4n) is 8.03. The molecule has 0 aromatic rings. The Morgan fingerprint density at radius 2 is 0.862 bits per heavy atom. The molecule has 65 heavy (non-hydrogen) atoms. The molecule has 0 aromatic heterocycles. The summed E-state index contributed by atoms with van der Waals surface area (Å²) in [6, 6.07) is 0. The van der Waals surface area contributed by atoms with Gasteiger partial charge in [0.1, 0.15) is 42.7 Å². The van der Waals surface area contributed by atoms with E-state index in [1.165, 1.54) is 141 Å². The van der Waals surface area contributed by atoms with E-state index in [2.05, 4.69) is 50.3 Å². The summed E-state index contributed by atoms with van der Waals surface area (Å²) in [5.41, 5.74) is 0. The standard InChI is InChI=1S/C52H97O12P/c1-3-5-7-9-11-13-15-17-19-21-22-23-24-25-27-29-31-33-35-37-39-41-46(53)63-45(44-62-65(59,60)64-52-50(57)48(55)47(54)49(56)51(52)58)43-61-42-40-38-36-34-32-30-28-26-20-18-16-14-12-10-8-6-4-2/h14,16,20-22,26,45,47-52,54-58H,3-13,15,17-19,23-25,27-44H2,1-2H3,(H,59,60)/b16-14-,22-21-,26-20-. The maximum absolute atomic E-state index is 12.9. The van der Waals surface area contributed by atoms with Crippen LogP contribution in [0.15, 0.2) is 36.5 Å². The lowest BCUT2D eigenvalue weighted by atomic mass is 9.85. The first-order valence-electron chi connectivity index (χ1n) is 26.3. The summed E-state index contributed by atoms with van der Waals surface area (Å²) in [6.07, 6.45) is 39.2. The number of ether oxygens (including phenoxy) is 2. The highest BCUT2D eigenvalue weighted by Gasteiger charge is 2.51. The summed E-state index contributed by atoms with van der Waals surface area (Å²) >= 11 is 0. The molecule has 0 heterocycles. The molecule has 12 nitrogen and oxygen atoms in total. The van der Waals surface area contributed by atoms with Gasteiger partial charge in [0.25, 0.3) is 0 Å². The molecule has 1 saturated carbocycles. The van der Waals surface area contributed by atoms with Crippen molar-refractivity contribution >= 4 is 13.8 Å². The van der Waals surface area contributed by atoms with Crippen molar-refractivity contribution in [3.05, 3.63) is 36.5 Å². The van der Waals surface area contributed by atoms with Gasteiger partial charge in [0.05, 0.1) is 13.2 Å². The third-order valence-corrected chi connectivity index (χ3v) is 13.2. The van der Waals surface area contributed by atoms with Crippen LogP contribution < -0.4 is 0 Å². The summed E-state index contributed by atoms with van der Waals surface area (Å²) in [7, 11) is -5.03. The van der Waals surface area contributed by atoms with Gasteiger partial charge in [-0.2, -0.15) is 0 Å². The second-order valence-corrected chi connectivity index (χ2v) is 19.8. The van der Waals surface area contributed by atoms with Crippen molar-refractivity contribution in [2.24, 2.45) is 0 Å². The number of phosphoric ester groups is 1. The van der Waals surface area contributed by atoms with E-state index in [1.54, 1.807) is 0 Å². The van der Waals surface area contributed by atoms with Gasteiger partial charge >= 0.3 is 13.8 Å². The number of esters is 1. The van der Waals surface area contributed by atoms with Crippen molar-refractivity contribution in [3.8, 4) is 0 Å². The Kier molecular flexibility index (Phi) is 40.4. The normalized spacial score (nSPS) is 21.8. The molecule has 0 aromatic carbocycles. The van der Waals surface area contributed by atoms with Crippen LogP contribution in [0.25, 0.3) is 0 Å². The van der Waals surface area contributed by atoms with E-state index >= 15 is 0 Å². The Balaban J connectivity index is 2.34. The molecule has 0 spiro atoms. The van der Waals surface area contributed by atoms with Crippen LogP contribution in [-0.4, -0.2) is 98.9 Å². The molecule has 6 unspecified atom stereocenters. The number of unbranched alkanes of at least 4 members (excludes halogenated alkanes) is 27. The van der Waals surface area contributed by atoms with Crippen LogP contribution in [0.3, 0.4) is 0 Å². The van der Waals surface area contributed by atoms with Crippen molar-refractivity contribution in [1.82, 2.24) is 0 Å². The molecule has 6 N–H and O–H groups in total. The van der Waals surface area contributed by atoms with Crippen molar-refractivity contribution in [2.75, 3.05) is 19.8 Å². The smallest absolute Gasteiger partial charge is 0.457 e. The van der Waals surface area contributed by atoms with E-state index in [0.29, 0.717) is 13.0 Å². The maximum Gasteiger partial charge on any atom is 0.472 e. The number of allylic oxidation sites excluding steroid dienone is 6. The Morgan fingerprint density at radius 3 is 1.32 bits per heavy atom. The van der Waals surface area contributed by atoms with Crippen LogP contribution in [-0.2, 0) is 27.9 Å². The molecule has 1 aliphatic carbocycles. The van der Waals surface area contributed by atoms with Crippen molar-refractivity contribution < 1.29 is 58.3 Å². The molecule has 1 rings (SSSR count). The molecular weight excluding hydrogens is 848 g/mol. The topological polar surface area (TPSA) is 192 Å². The highest BCUT2D eigenvalue weighted by molar-refractivity contribution is 7.47. The van der Waals surface area contributed by atoms with E-state index in [1.807, 2.05) is 0 Å². The van der Waals surface area contributed by atoms with Gasteiger partial charge in [-0.15, -0.1) is 0 Å². The molecule has 1 fully saturated rings. The third kappa shape index (κ3) is 34.5. The molecule has 6 atom stereocenters. The average molecular weight is 945 g/mol. The van der Waals surface area contributed by atoms with E-state index in [4.69, 9.17) is 18.5 Å². The molecule has 1 aliphatic rings. The molecule has 0 aliphatic heterocycles. The SMILES string of the molecule is CCCCCC/C=C\C/C=C\CCCCCCCCOCC(COP(=O)(O)OC1C(O)C(O)C(O)C(O)C1O)OC(=O)CCCCCCCCCCC/C=C\CCCCCCCCCC.